The van der Waals surface area contributed by atoms with Crippen LogP contribution in [0.25, 0.3) is 16.7 Å². The van der Waals surface area contributed by atoms with Gasteiger partial charge in [-0.1, -0.05) is 0 Å². The van der Waals surface area contributed by atoms with E-state index in [0.29, 0.717) is 15.7 Å². The first-order chi connectivity index (χ1) is 14.1. The molecule has 0 atom stereocenters. The fourth-order valence-electron chi connectivity index (χ4n) is 3.43. The van der Waals surface area contributed by atoms with Crippen LogP contribution in [0.4, 0.5) is 5.69 Å². The summed E-state index contributed by atoms with van der Waals surface area (Å²) in [6, 6.07) is 13.7. The average molecular weight is 520 g/mol. The molecule has 3 rings (SSSR count). The molecule has 0 fully saturated rings. The zero-order valence-corrected chi connectivity index (χ0v) is 19.9. The Hall–Kier alpha value is -2.35. The molecule has 0 saturated heterocycles. The standard InChI is InChI=1S/C24H29IN2O3/c1-24(2,3)30-21(28)15-25-11-9-17(10-12-25)19-13-18(16-7-5-4-6-8-16)14-20(22(19)26)23(27)29/h4-9,13-14H,10-12,15,26H2,1-3H3,(H2,27,29). The third-order valence-electron chi connectivity index (χ3n) is 4.79. The summed E-state index contributed by atoms with van der Waals surface area (Å²) in [5.41, 5.74) is 16.2. The molecule has 1 aliphatic heterocycles. The number of benzene rings is 2. The molecule has 160 valence electrons. The van der Waals surface area contributed by atoms with Crippen molar-refractivity contribution in [3.63, 3.8) is 0 Å². The molecule has 5 nitrogen and oxygen atoms in total. The molecule has 0 spiro atoms. The van der Waals surface area contributed by atoms with E-state index in [1.807, 2.05) is 57.2 Å². The van der Waals surface area contributed by atoms with Crippen LogP contribution in [0.5, 0.6) is 0 Å². The molecule has 0 saturated carbocycles. The third kappa shape index (κ3) is 5.62. The Morgan fingerprint density at radius 2 is 1.80 bits per heavy atom. The zero-order valence-electron chi connectivity index (χ0n) is 17.7. The summed E-state index contributed by atoms with van der Waals surface area (Å²) < 4.78 is 8.01. The van der Waals surface area contributed by atoms with Crippen LogP contribution < -0.4 is 11.5 Å². The van der Waals surface area contributed by atoms with Gasteiger partial charge in [-0.25, -0.2) is 0 Å². The second-order valence-electron chi connectivity index (χ2n) is 8.32. The molecule has 2 aromatic carbocycles. The summed E-state index contributed by atoms with van der Waals surface area (Å²) in [4.78, 5) is 24.2. The van der Waals surface area contributed by atoms with Gasteiger partial charge in [-0.3, -0.25) is 0 Å². The van der Waals surface area contributed by atoms with Crippen LogP contribution in [0.2, 0.25) is 0 Å². The molecule has 4 N–H and O–H groups in total. The summed E-state index contributed by atoms with van der Waals surface area (Å²) in [5, 5.41) is 0. The summed E-state index contributed by atoms with van der Waals surface area (Å²) in [5.74, 6) is -0.618. The summed E-state index contributed by atoms with van der Waals surface area (Å²) in [7, 11) is 0. The number of esters is 1. The molecule has 1 aliphatic rings. The predicted octanol–water partition coefficient (Wildman–Crippen LogP) is 4.67. The van der Waals surface area contributed by atoms with E-state index in [1.165, 1.54) is 0 Å². The summed E-state index contributed by atoms with van der Waals surface area (Å²) in [6.45, 7) is 5.68. The van der Waals surface area contributed by atoms with Gasteiger partial charge in [-0.05, 0) is 0 Å². The number of amides is 1. The van der Waals surface area contributed by atoms with Crippen molar-refractivity contribution in [1.29, 1.82) is 0 Å². The topological polar surface area (TPSA) is 95.4 Å². The van der Waals surface area contributed by atoms with Gasteiger partial charge in [-0.15, -0.1) is 0 Å². The number of carbonyl (C=O) groups is 2. The molecule has 1 heterocycles. The number of primary amides is 1. The van der Waals surface area contributed by atoms with Crippen LogP contribution in [0.15, 0.2) is 48.5 Å². The zero-order chi connectivity index (χ0) is 21.9. The molecule has 0 unspecified atom stereocenters. The van der Waals surface area contributed by atoms with Crippen molar-refractivity contribution < 1.29 is 14.3 Å². The molecule has 30 heavy (non-hydrogen) atoms. The molecule has 0 bridgehead atoms. The van der Waals surface area contributed by atoms with Gasteiger partial charge in [0.25, 0.3) is 0 Å². The molecular formula is C24H29IN2O3. The number of hydrogen-bond donors (Lipinski definition) is 2. The monoisotopic (exact) mass is 520 g/mol. The fraction of sp³-hybridized carbons (Fsp3) is 0.333. The molecule has 2 aromatic rings. The Kier molecular flexibility index (Phi) is 6.85. The SMILES string of the molecule is CC(C)(C)OC(=O)CI1CC=C(c2cc(-c3ccccc3)cc(C(N)=O)c2N)CC1. The summed E-state index contributed by atoms with van der Waals surface area (Å²) >= 11 is -1.43. The van der Waals surface area contributed by atoms with Crippen molar-refractivity contribution in [1.82, 2.24) is 0 Å². The first-order valence-corrected chi connectivity index (χ1v) is 14.5. The number of carbonyl (C=O) groups excluding carboxylic acids is 2. The number of allylic oxidation sites excluding steroid dienone is 2. The van der Waals surface area contributed by atoms with E-state index in [0.717, 1.165) is 37.5 Å². The van der Waals surface area contributed by atoms with Crippen LogP contribution in [-0.4, -0.2) is 30.8 Å². The fourth-order valence-corrected chi connectivity index (χ4v) is 8.09. The first kappa shape index (κ1) is 22.3. The van der Waals surface area contributed by atoms with Gasteiger partial charge in [0.2, 0.25) is 0 Å². The number of ether oxygens (including phenoxy) is 1. The van der Waals surface area contributed by atoms with E-state index in [9.17, 15) is 9.59 Å². The second kappa shape index (κ2) is 9.20. The van der Waals surface area contributed by atoms with E-state index in [-0.39, 0.29) is 5.97 Å². The number of nitrogens with two attached hydrogens (primary N) is 2. The summed E-state index contributed by atoms with van der Waals surface area (Å²) in [6.07, 6.45) is 3.05. The van der Waals surface area contributed by atoms with Crippen LogP contribution in [0.3, 0.4) is 0 Å². The molecule has 0 aliphatic carbocycles. The van der Waals surface area contributed by atoms with E-state index in [4.69, 9.17) is 16.2 Å². The van der Waals surface area contributed by atoms with Crippen molar-refractivity contribution in [2.24, 2.45) is 5.73 Å². The van der Waals surface area contributed by atoms with Gasteiger partial charge >= 0.3 is 186 Å². The van der Waals surface area contributed by atoms with Crippen LogP contribution in [0, 0.1) is 0 Å². The number of rotatable bonds is 5. The van der Waals surface area contributed by atoms with Crippen LogP contribution in [0.1, 0.15) is 43.1 Å². The third-order valence-corrected chi connectivity index (χ3v) is 10.2. The van der Waals surface area contributed by atoms with Gasteiger partial charge in [-0.2, -0.15) is 0 Å². The van der Waals surface area contributed by atoms with E-state index in [1.54, 1.807) is 6.07 Å². The van der Waals surface area contributed by atoms with Gasteiger partial charge < -0.3 is 0 Å². The minimum atomic E-state index is -1.43. The molecular weight excluding hydrogens is 491 g/mol. The quantitative estimate of drug-likeness (QED) is 0.259. The number of alkyl halides is 3. The van der Waals surface area contributed by atoms with Gasteiger partial charge in [0, 0.05) is 0 Å². The molecule has 6 heteroatoms. The Balaban J connectivity index is 1.85. The van der Waals surface area contributed by atoms with E-state index in [2.05, 4.69) is 6.08 Å². The molecule has 0 radical (unpaired) electrons. The van der Waals surface area contributed by atoms with E-state index >= 15 is 0 Å². The Morgan fingerprint density at radius 1 is 1.10 bits per heavy atom. The van der Waals surface area contributed by atoms with Gasteiger partial charge in [0.05, 0.1) is 0 Å². The Bertz CT molecular complexity index is 978. The number of halogens is 1. The van der Waals surface area contributed by atoms with Crippen molar-refractivity contribution in [2.45, 2.75) is 32.8 Å². The normalized spacial score (nSPS) is 15.4. The number of anilines is 1. The Labute approximate surface area is 185 Å². The first-order valence-electron chi connectivity index (χ1n) is 9.92. The maximum absolute atomic E-state index is 12.2. The van der Waals surface area contributed by atoms with E-state index < -0.39 is 31.3 Å². The number of hydrogen-bond acceptors (Lipinski definition) is 4. The molecule has 1 amide bonds. The minimum absolute atomic E-state index is 0.0915. The number of nitrogen functional groups attached to an aromatic ring is 1. The second-order valence-corrected chi connectivity index (χ2v) is 14.3. The Morgan fingerprint density at radius 3 is 2.37 bits per heavy atom. The van der Waals surface area contributed by atoms with Gasteiger partial charge in [0.1, 0.15) is 0 Å². The van der Waals surface area contributed by atoms with Crippen LogP contribution in [-0.2, 0) is 9.53 Å². The van der Waals surface area contributed by atoms with Crippen molar-refractivity contribution >= 4 is 43.0 Å². The van der Waals surface area contributed by atoms with Crippen LogP contribution >= 0.6 is 19.8 Å². The maximum atomic E-state index is 12.2. The average Bonchev–Trinajstić information content (AvgIpc) is 2.68. The predicted molar refractivity (Wildman–Crippen MR) is 132 cm³/mol. The molecule has 0 aromatic heterocycles. The van der Waals surface area contributed by atoms with Crippen molar-refractivity contribution in [3.05, 3.63) is 59.7 Å². The van der Waals surface area contributed by atoms with Gasteiger partial charge in [0.15, 0.2) is 0 Å². The van der Waals surface area contributed by atoms with Crippen molar-refractivity contribution in [2.75, 3.05) is 19.0 Å². The van der Waals surface area contributed by atoms with Crippen molar-refractivity contribution in [3.8, 4) is 11.1 Å².